The van der Waals surface area contributed by atoms with Gasteiger partial charge in [0.25, 0.3) is 0 Å². The van der Waals surface area contributed by atoms with E-state index in [0.717, 1.165) is 15.8 Å². The average molecular weight is 335 g/mol. The molecular weight excluding hydrogens is 316 g/mol. The van der Waals surface area contributed by atoms with Crippen LogP contribution >= 0.6 is 15.9 Å². The maximum Gasteiger partial charge on any atom is 0.134 e. The normalized spacial score (nSPS) is 11.4. The van der Waals surface area contributed by atoms with Gasteiger partial charge in [0.1, 0.15) is 11.5 Å². The van der Waals surface area contributed by atoms with E-state index in [2.05, 4.69) is 48.8 Å². The molecule has 0 saturated carbocycles. The van der Waals surface area contributed by atoms with E-state index in [1.54, 1.807) is 0 Å². The lowest BCUT2D eigenvalue weighted by Gasteiger charge is -2.19. The van der Waals surface area contributed by atoms with Gasteiger partial charge in [-0.15, -0.1) is 0 Å². The second-order valence-electron chi connectivity index (χ2n) is 5.79. The molecule has 0 fully saturated rings. The maximum atomic E-state index is 9.34. The maximum absolute atomic E-state index is 9.34. The molecule has 2 aromatic rings. The molecule has 1 N–H and O–H groups in total. The Kier molecular flexibility index (Phi) is 4.51. The largest absolute Gasteiger partial charge is 0.457 e. The van der Waals surface area contributed by atoms with Crippen molar-refractivity contribution in [2.45, 2.75) is 32.8 Å². The predicted molar refractivity (Wildman–Crippen MR) is 85.3 cm³/mol. The molecule has 3 heteroatoms. The summed E-state index contributed by atoms with van der Waals surface area (Å²) in [5.41, 5.74) is 2.17. The van der Waals surface area contributed by atoms with Crippen LogP contribution in [0.3, 0.4) is 0 Å². The van der Waals surface area contributed by atoms with Crippen molar-refractivity contribution in [1.82, 2.24) is 0 Å². The highest BCUT2D eigenvalue weighted by Crippen LogP contribution is 2.30. The van der Waals surface area contributed by atoms with Gasteiger partial charge in [-0.3, -0.25) is 0 Å². The molecule has 0 saturated heterocycles. The van der Waals surface area contributed by atoms with E-state index >= 15 is 0 Å². The van der Waals surface area contributed by atoms with E-state index in [-0.39, 0.29) is 12.0 Å². The van der Waals surface area contributed by atoms with E-state index in [1.807, 2.05) is 30.3 Å². The first kappa shape index (κ1) is 15.1. The summed E-state index contributed by atoms with van der Waals surface area (Å²) in [4.78, 5) is 0. The van der Waals surface area contributed by atoms with Crippen molar-refractivity contribution in [3.63, 3.8) is 0 Å². The Morgan fingerprint density at radius 3 is 2.25 bits per heavy atom. The number of benzene rings is 2. The Labute approximate surface area is 128 Å². The van der Waals surface area contributed by atoms with Gasteiger partial charge in [-0.1, -0.05) is 54.9 Å². The lowest BCUT2D eigenvalue weighted by atomic mass is 9.87. The monoisotopic (exact) mass is 334 g/mol. The lowest BCUT2D eigenvalue weighted by molar-refractivity contribution is 0.276. The molecule has 20 heavy (non-hydrogen) atoms. The van der Waals surface area contributed by atoms with Crippen molar-refractivity contribution in [3.8, 4) is 11.5 Å². The third-order valence-electron chi connectivity index (χ3n) is 3.15. The van der Waals surface area contributed by atoms with Crippen molar-refractivity contribution < 1.29 is 9.84 Å². The Morgan fingerprint density at radius 1 is 1.05 bits per heavy atom. The van der Waals surface area contributed by atoms with Crippen molar-refractivity contribution in [2.75, 3.05) is 0 Å². The average Bonchev–Trinajstić information content (AvgIpc) is 2.38. The summed E-state index contributed by atoms with van der Waals surface area (Å²) >= 11 is 3.41. The first-order valence-electron chi connectivity index (χ1n) is 6.58. The van der Waals surface area contributed by atoms with Crippen molar-refractivity contribution in [1.29, 1.82) is 0 Å². The molecular formula is C17H19BrO2. The fraction of sp³-hybridized carbons (Fsp3) is 0.294. The molecule has 0 spiro atoms. The van der Waals surface area contributed by atoms with Crippen LogP contribution in [0.4, 0.5) is 0 Å². The summed E-state index contributed by atoms with van der Waals surface area (Å²) < 4.78 is 6.79. The van der Waals surface area contributed by atoms with Gasteiger partial charge >= 0.3 is 0 Å². The summed E-state index contributed by atoms with van der Waals surface area (Å²) in [6.45, 7) is 6.51. The number of aliphatic hydroxyl groups is 1. The number of rotatable bonds is 3. The van der Waals surface area contributed by atoms with Crippen LogP contribution < -0.4 is 4.74 Å². The predicted octanol–water partition coefficient (Wildman–Crippen LogP) is 5.03. The van der Waals surface area contributed by atoms with Crippen LogP contribution in [0.25, 0.3) is 0 Å². The molecule has 2 nitrogen and oxygen atoms in total. The summed E-state index contributed by atoms with van der Waals surface area (Å²) in [5, 5.41) is 9.34. The van der Waals surface area contributed by atoms with E-state index in [4.69, 9.17) is 4.74 Å². The van der Waals surface area contributed by atoms with E-state index < -0.39 is 0 Å². The highest BCUT2D eigenvalue weighted by molar-refractivity contribution is 9.10. The van der Waals surface area contributed by atoms with E-state index in [9.17, 15) is 5.11 Å². The summed E-state index contributed by atoms with van der Waals surface area (Å²) in [7, 11) is 0. The van der Waals surface area contributed by atoms with Gasteiger partial charge in [0, 0.05) is 10.0 Å². The molecule has 0 aromatic heterocycles. The van der Waals surface area contributed by atoms with Gasteiger partial charge in [0.15, 0.2) is 0 Å². The SMILES string of the molecule is CC(C)(C)c1ccc(Oc2cc(Br)ccc2CO)cc1. The minimum absolute atomic E-state index is 0.0390. The van der Waals surface area contributed by atoms with Gasteiger partial charge in [-0.2, -0.15) is 0 Å². The number of hydrogen-bond donors (Lipinski definition) is 1. The van der Waals surface area contributed by atoms with Crippen LogP contribution in [0.1, 0.15) is 31.9 Å². The molecule has 0 aliphatic carbocycles. The molecule has 0 bridgehead atoms. The molecule has 0 heterocycles. The minimum atomic E-state index is -0.0390. The summed E-state index contributed by atoms with van der Waals surface area (Å²) in [5.74, 6) is 1.44. The second kappa shape index (κ2) is 5.98. The summed E-state index contributed by atoms with van der Waals surface area (Å²) in [6.07, 6.45) is 0. The van der Waals surface area contributed by atoms with Crippen LogP contribution in [0.15, 0.2) is 46.9 Å². The molecule has 2 rings (SSSR count). The Balaban J connectivity index is 2.24. The van der Waals surface area contributed by atoms with Crippen LogP contribution in [0, 0.1) is 0 Å². The van der Waals surface area contributed by atoms with E-state index in [1.165, 1.54) is 5.56 Å². The first-order valence-corrected chi connectivity index (χ1v) is 7.37. The fourth-order valence-electron chi connectivity index (χ4n) is 1.90. The van der Waals surface area contributed by atoms with Crippen molar-refractivity contribution in [2.24, 2.45) is 0 Å². The zero-order chi connectivity index (χ0) is 14.8. The Bertz CT molecular complexity index is 583. The Morgan fingerprint density at radius 2 is 1.70 bits per heavy atom. The number of aliphatic hydroxyl groups excluding tert-OH is 1. The van der Waals surface area contributed by atoms with Gasteiger partial charge in [-0.05, 0) is 35.2 Å². The molecule has 0 atom stereocenters. The topological polar surface area (TPSA) is 29.5 Å². The third-order valence-corrected chi connectivity index (χ3v) is 3.64. The molecule has 0 unspecified atom stereocenters. The van der Waals surface area contributed by atoms with Gasteiger partial charge in [-0.25, -0.2) is 0 Å². The van der Waals surface area contributed by atoms with Crippen LogP contribution in [-0.4, -0.2) is 5.11 Å². The van der Waals surface area contributed by atoms with Gasteiger partial charge in [0.05, 0.1) is 6.61 Å². The molecule has 0 aliphatic rings. The first-order chi connectivity index (χ1) is 9.40. The quantitative estimate of drug-likeness (QED) is 0.852. The molecule has 0 aliphatic heterocycles. The second-order valence-corrected chi connectivity index (χ2v) is 6.70. The van der Waals surface area contributed by atoms with Gasteiger partial charge in [0.2, 0.25) is 0 Å². The zero-order valence-corrected chi connectivity index (χ0v) is 13.6. The fourth-order valence-corrected chi connectivity index (χ4v) is 2.24. The smallest absolute Gasteiger partial charge is 0.134 e. The van der Waals surface area contributed by atoms with Crippen LogP contribution in [0.5, 0.6) is 11.5 Å². The molecule has 106 valence electrons. The number of halogens is 1. The van der Waals surface area contributed by atoms with E-state index in [0.29, 0.717) is 5.75 Å². The molecule has 2 aromatic carbocycles. The highest BCUT2D eigenvalue weighted by Gasteiger charge is 2.13. The summed E-state index contributed by atoms with van der Waals surface area (Å²) in [6, 6.07) is 13.7. The van der Waals surface area contributed by atoms with Crippen molar-refractivity contribution in [3.05, 3.63) is 58.1 Å². The lowest BCUT2D eigenvalue weighted by Crippen LogP contribution is -2.10. The third kappa shape index (κ3) is 3.62. The van der Waals surface area contributed by atoms with Crippen LogP contribution in [0.2, 0.25) is 0 Å². The molecule has 0 radical (unpaired) electrons. The standard InChI is InChI=1S/C17H19BrO2/c1-17(2,3)13-5-8-15(9-6-13)20-16-10-14(18)7-4-12(16)11-19/h4-10,19H,11H2,1-3H3. The number of ether oxygens (including phenoxy) is 1. The number of hydrogen-bond acceptors (Lipinski definition) is 2. The van der Waals surface area contributed by atoms with Gasteiger partial charge < -0.3 is 9.84 Å². The van der Waals surface area contributed by atoms with Crippen molar-refractivity contribution >= 4 is 15.9 Å². The molecule has 0 amide bonds. The zero-order valence-electron chi connectivity index (χ0n) is 12.0. The minimum Gasteiger partial charge on any atom is -0.457 e. The van der Waals surface area contributed by atoms with Crippen LogP contribution in [-0.2, 0) is 12.0 Å². The highest BCUT2D eigenvalue weighted by atomic mass is 79.9. The Hall–Kier alpha value is -1.32.